The summed E-state index contributed by atoms with van der Waals surface area (Å²) in [5.41, 5.74) is 2.66. The van der Waals surface area contributed by atoms with Crippen molar-refractivity contribution >= 4 is 0 Å². The molecule has 2 N–H and O–H groups in total. The maximum Gasteiger partial charge on any atom is 0.0890 e. The lowest BCUT2D eigenvalue weighted by molar-refractivity contribution is 0.0771. The molecule has 0 fully saturated rings. The summed E-state index contributed by atoms with van der Waals surface area (Å²) in [4.78, 5) is 0. The fourth-order valence-corrected chi connectivity index (χ4v) is 2.65. The third kappa shape index (κ3) is 1.57. The lowest BCUT2D eigenvalue weighted by Crippen LogP contribution is -2.09. The molecule has 1 aliphatic rings. The van der Waals surface area contributed by atoms with Gasteiger partial charge in [0.25, 0.3) is 0 Å². The first kappa shape index (κ1) is 10.5. The molecule has 2 heteroatoms. The van der Waals surface area contributed by atoms with E-state index in [0.29, 0.717) is 0 Å². The Morgan fingerprint density at radius 3 is 1.65 bits per heavy atom. The van der Waals surface area contributed by atoms with Gasteiger partial charge in [0, 0.05) is 5.92 Å². The van der Waals surface area contributed by atoms with Gasteiger partial charge in [0.15, 0.2) is 0 Å². The number of aliphatic hydroxyl groups is 2. The molecule has 0 radical (unpaired) electrons. The van der Waals surface area contributed by atoms with E-state index in [9.17, 15) is 10.2 Å². The van der Waals surface area contributed by atoms with Crippen molar-refractivity contribution in [3.8, 4) is 0 Å². The number of aliphatic hydroxyl groups excluding tert-OH is 2. The van der Waals surface area contributed by atoms with Crippen molar-refractivity contribution in [1.29, 1.82) is 0 Å². The maximum atomic E-state index is 10.3. The van der Waals surface area contributed by atoms with Crippen molar-refractivity contribution in [2.75, 3.05) is 0 Å². The smallest absolute Gasteiger partial charge is 0.0890 e. The van der Waals surface area contributed by atoms with Gasteiger partial charge >= 0.3 is 0 Å². The van der Waals surface area contributed by atoms with Crippen LogP contribution in [0.2, 0.25) is 0 Å². The molecule has 0 saturated carbocycles. The Morgan fingerprint density at radius 1 is 0.647 bits per heavy atom. The second-order valence-corrected chi connectivity index (χ2v) is 4.46. The molecule has 2 atom stereocenters. The largest absolute Gasteiger partial charge is 0.388 e. The van der Waals surface area contributed by atoms with Crippen LogP contribution in [0, 0.1) is 0 Å². The fourth-order valence-electron chi connectivity index (χ4n) is 2.65. The first-order valence-electron chi connectivity index (χ1n) is 5.79. The van der Waals surface area contributed by atoms with Crippen LogP contribution in [0.5, 0.6) is 0 Å². The molecule has 17 heavy (non-hydrogen) atoms. The molecule has 0 amide bonds. The summed E-state index contributed by atoms with van der Waals surface area (Å²) in [5, 5.41) is 20.6. The van der Waals surface area contributed by atoms with Gasteiger partial charge in [0.05, 0.1) is 12.2 Å². The molecule has 0 bridgehead atoms. The molecule has 1 aliphatic carbocycles. The highest BCUT2D eigenvalue weighted by Gasteiger charge is 2.39. The van der Waals surface area contributed by atoms with E-state index in [1.807, 2.05) is 54.6 Å². The molecule has 2 aromatic carbocycles. The van der Waals surface area contributed by atoms with Crippen molar-refractivity contribution in [2.24, 2.45) is 0 Å². The Kier molecular flexibility index (Phi) is 2.46. The summed E-state index contributed by atoms with van der Waals surface area (Å²) in [6.07, 6.45) is -1.24. The summed E-state index contributed by atoms with van der Waals surface area (Å²) in [6.45, 7) is 0. The fraction of sp³-hybridized carbons (Fsp3) is 0.200. The summed E-state index contributed by atoms with van der Waals surface area (Å²) in [5.74, 6) is -0.256. The topological polar surface area (TPSA) is 40.5 Å². The molecule has 86 valence electrons. The van der Waals surface area contributed by atoms with E-state index in [1.54, 1.807) is 0 Å². The van der Waals surface area contributed by atoms with Gasteiger partial charge in [-0.25, -0.2) is 0 Å². The van der Waals surface area contributed by atoms with E-state index in [1.165, 1.54) is 0 Å². The molecule has 0 heterocycles. The SMILES string of the molecule is O[C@@H]1c2ccccc2[C@@H](O)C1c1ccccc1. The normalized spacial score (nSPS) is 23.6. The zero-order chi connectivity index (χ0) is 11.8. The Bertz CT molecular complexity index is 492. The van der Waals surface area contributed by atoms with Gasteiger partial charge in [-0.15, -0.1) is 0 Å². The standard InChI is InChI=1S/C15H14O2/c16-14-11-8-4-5-9-12(11)15(17)13(14)10-6-2-1-3-7-10/h1-9,13-17H/t14-,15-/m1/s1. The van der Waals surface area contributed by atoms with Gasteiger partial charge in [-0.05, 0) is 16.7 Å². The number of fused-ring (bicyclic) bond motifs is 1. The highest BCUT2D eigenvalue weighted by molar-refractivity contribution is 5.42. The highest BCUT2D eigenvalue weighted by atomic mass is 16.3. The first-order valence-corrected chi connectivity index (χ1v) is 5.79. The third-order valence-electron chi connectivity index (χ3n) is 3.50. The van der Waals surface area contributed by atoms with Gasteiger partial charge in [-0.1, -0.05) is 54.6 Å². The van der Waals surface area contributed by atoms with Crippen LogP contribution in [-0.2, 0) is 0 Å². The van der Waals surface area contributed by atoms with Crippen molar-refractivity contribution < 1.29 is 10.2 Å². The van der Waals surface area contributed by atoms with Crippen LogP contribution >= 0.6 is 0 Å². The average Bonchev–Trinajstić information content (AvgIpc) is 2.64. The molecular formula is C15H14O2. The van der Waals surface area contributed by atoms with Gasteiger partial charge in [0.1, 0.15) is 0 Å². The van der Waals surface area contributed by atoms with E-state index in [4.69, 9.17) is 0 Å². The van der Waals surface area contributed by atoms with Crippen molar-refractivity contribution in [3.05, 3.63) is 71.3 Å². The molecule has 0 spiro atoms. The second-order valence-electron chi connectivity index (χ2n) is 4.46. The molecule has 2 aromatic rings. The van der Waals surface area contributed by atoms with E-state index in [2.05, 4.69) is 0 Å². The van der Waals surface area contributed by atoms with Crippen molar-refractivity contribution in [3.63, 3.8) is 0 Å². The maximum absolute atomic E-state index is 10.3. The number of hydrogen-bond donors (Lipinski definition) is 2. The van der Waals surface area contributed by atoms with Gasteiger partial charge in [-0.3, -0.25) is 0 Å². The molecule has 0 saturated heterocycles. The minimum absolute atomic E-state index is 0.256. The molecular weight excluding hydrogens is 212 g/mol. The van der Waals surface area contributed by atoms with Gasteiger partial charge in [-0.2, -0.15) is 0 Å². The summed E-state index contributed by atoms with van der Waals surface area (Å²) in [7, 11) is 0. The van der Waals surface area contributed by atoms with Crippen LogP contribution in [0.3, 0.4) is 0 Å². The molecule has 3 rings (SSSR count). The minimum atomic E-state index is -0.622. The monoisotopic (exact) mass is 226 g/mol. The zero-order valence-electron chi connectivity index (χ0n) is 9.32. The highest BCUT2D eigenvalue weighted by Crippen LogP contribution is 2.49. The van der Waals surface area contributed by atoms with E-state index < -0.39 is 12.2 Å². The van der Waals surface area contributed by atoms with Crippen molar-refractivity contribution in [2.45, 2.75) is 18.1 Å². The molecule has 0 aliphatic heterocycles. The predicted octanol–water partition coefficient (Wildman–Crippen LogP) is 2.55. The summed E-state index contributed by atoms with van der Waals surface area (Å²) in [6, 6.07) is 17.2. The lowest BCUT2D eigenvalue weighted by atomic mass is 9.92. The molecule has 0 aromatic heterocycles. The predicted molar refractivity (Wildman–Crippen MR) is 65.5 cm³/mol. The number of benzene rings is 2. The second kappa shape index (κ2) is 3.99. The van der Waals surface area contributed by atoms with Crippen LogP contribution in [0.25, 0.3) is 0 Å². The van der Waals surface area contributed by atoms with Crippen LogP contribution < -0.4 is 0 Å². The van der Waals surface area contributed by atoms with Crippen LogP contribution in [0.15, 0.2) is 54.6 Å². The zero-order valence-corrected chi connectivity index (χ0v) is 9.32. The minimum Gasteiger partial charge on any atom is -0.388 e. The van der Waals surface area contributed by atoms with E-state index in [-0.39, 0.29) is 5.92 Å². The lowest BCUT2D eigenvalue weighted by Gasteiger charge is -2.18. The van der Waals surface area contributed by atoms with Crippen molar-refractivity contribution in [1.82, 2.24) is 0 Å². The van der Waals surface area contributed by atoms with Gasteiger partial charge < -0.3 is 10.2 Å². The summed E-state index contributed by atoms with van der Waals surface area (Å²) < 4.78 is 0. The van der Waals surface area contributed by atoms with Gasteiger partial charge in [0.2, 0.25) is 0 Å². The van der Waals surface area contributed by atoms with Crippen LogP contribution in [0.1, 0.15) is 34.8 Å². The average molecular weight is 226 g/mol. The Labute approximate surface area is 100 Å². The Morgan fingerprint density at radius 2 is 1.12 bits per heavy atom. The van der Waals surface area contributed by atoms with E-state index in [0.717, 1.165) is 16.7 Å². The molecule has 0 unspecified atom stereocenters. The Balaban J connectivity index is 2.06. The first-order chi connectivity index (χ1) is 8.29. The number of rotatable bonds is 1. The van der Waals surface area contributed by atoms with E-state index >= 15 is 0 Å². The molecule has 2 nitrogen and oxygen atoms in total. The number of hydrogen-bond acceptors (Lipinski definition) is 2. The van der Waals surface area contributed by atoms with Crippen LogP contribution in [0.4, 0.5) is 0 Å². The quantitative estimate of drug-likeness (QED) is 0.784. The van der Waals surface area contributed by atoms with Crippen LogP contribution in [-0.4, -0.2) is 10.2 Å². The Hall–Kier alpha value is -1.64. The third-order valence-corrected chi connectivity index (χ3v) is 3.50. The summed E-state index contributed by atoms with van der Waals surface area (Å²) >= 11 is 0.